The summed E-state index contributed by atoms with van der Waals surface area (Å²) in [4.78, 5) is 22.8. The van der Waals surface area contributed by atoms with Crippen molar-refractivity contribution in [3.63, 3.8) is 0 Å². The van der Waals surface area contributed by atoms with E-state index in [9.17, 15) is 20.0 Å². The van der Waals surface area contributed by atoms with Gasteiger partial charge in [0.2, 0.25) is 0 Å². The molecule has 0 fully saturated rings. The van der Waals surface area contributed by atoms with Gasteiger partial charge in [-0.1, -0.05) is 48.5 Å². The largest absolute Gasteiger partial charge is 0.484 e. The lowest BCUT2D eigenvalue weighted by molar-refractivity contribution is -0.386. The van der Waals surface area contributed by atoms with Gasteiger partial charge in [-0.3, -0.25) is 14.9 Å². The Morgan fingerprint density at radius 3 is 2.51 bits per heavy atom. The van der Waals surface area contributed by atoms with Gasteiger partial charge >= 0.3 is 11.7 Å². The van der Waals surface area contributed by atoms with Crippen molar-refractivity contribution in [1.29, 1.82) is 0 Å². The molecule has 0 aromatic heterocycles. The summed E-state index contributed by atoms with van der Waals surface area (Å²) in [5.41, 5.74) is 6.96. The zero-order valence-corrected chi connectivity index (χ0v) is 21.5. The van der Waals surface area contributed by atoms with Crippen LogP contribution in [0.4, 0.5) is 5.69 Å². The van der Waals surface area contributed by atoms with Crippen LogP contribution in [-0.4, -0.2) is 53.4 Å². The molecule has 0 spiro atoms. The van der Waals surface area contributed by atoms with Crippen LogP contribution in [0.3, 0.4) is 0 Å². The predicted molar refractivity (Wildman–Crippen MR) is 143 cm³/mol. The smallest absolute Gasteiger partial charge is 0.323 e. The van der Waals surface area contributed by atoms with Crippen LogP contribution in [0, 0.1) is 10.1 Å². The molecule has 0 unspecified atom stereocenters. The lowest BCUT2D eigenvalue weighted by Crippen LogP contribution is -2.46. The van der Waals surface area contributed by atoms with Crippen LogP contribution in [0.2, 0.25) is 0 Å². The summed E-state index contributed by atoms with van der Waals surface area (Å²) in [7, 11) is 0. The molecule has 9 nitrogen and oxygen atoms in total. The molecule has 9 heteroatoms. The molecule has 0 amide bonds. The number of fused-ring (bicyclic) bond motifs is 1. The number of rotatable bonds is 13. The third kappa shape index (κ3) is 8.24. The van der Waals surface area contributed by atoms with Gasteiger partial charge in [-0.15, -0.1) is 0 Å². The number of nitrogens with two attached hydrogens (primary N) is 1. The first-order valence-corrected chi connectivity index (χ1v) is 12.3. The van der Waals surface area contributed by atoms with E-state index in [2.05, 4.69) is 49.5 Å². The molecule has 37 heavy (non-hydrogen) atoms. The van der Waals surface area contributed by atoms with Crippen molar-refractivity contribution >= 4 is 22.4 Å². The Hall–Kier alpha value is -3.53. The second-order valence-electron chi connectivity index (χ2n) is 9.71. The van der Waals surface area contributed by atoms with Gasteiger partial charge in [0.25, 0.3) is 0 Å². The molecule has 0 saturated carbocycles. The fraction of sp³-hybridized carbons (Fsp3) is 0.393. The minimum atomic E-state index is -0.919. The summed E-state index contributed by atoms with van der Waals surface area (Å²) in [5, 5.41) is 27.8. The topological polar surface area (TPSA) is 137 Å². The molecule has 198 valence electrons. The molecule has 3 aromatic rings. The van der Waals surface area contributed by atoms with Crippen LogP contribution >= 0.6 is 0 Å². The summed E-state index contributed by atoms with van der Waals surface area (Å²) in [6.07, 6.45) is -0.0298. The van der Waals surface area contributed by atoms with E-state index in [1.807, 2.05) is 12.1 Å². The molecule has 0 heterocycles. The first kappa shape index (κ1) is 28.0. The van der Waals surface area contributed by atoms with E-state index < -0.39 is 23.0 Å². The molecule has 3 aromatic carbocycles. The molecular weight excluding hydrogens is 474 g/mol. The third-order valence-electron chi connectivity index (χ3n) is 5.97. The molecular formula is C28H35N3O6. The fourth-order valence-electron chi connectivity index (χ4n) is 4.10. The van der Waals surface area contributed by atoms with Crippen LogP contribution in [0.1, 0.15) is 31.9 Å². The number of aliphatic hydroxyl groups excluding tert-OH is 1. The predicted octanol–water partition coefficient (Wildman–Crippen LogP) is 3.53. The Bertz CT molecular complexity index is 1230. The summed E-state index contributed by atoms with van der Waals surface area (Å²) in [6, 6.07) is 18.0. The molecule has 2 atom stereocenters. The number of carbonyl (C=O) groups excluding carboxylic acids is 1. The minimum Gasteiger partial charge on any atom is -0.484 e. The van der Waals surface area contributed by atoms with Gasteiger partial charge in [0, 0.05) is 18.2 Å². The van der Waals surface area contributed by atoms with Crippen molar-refractivity contribution in [3.05, 3.63) is 81.9 Å². The standard InChI is InChI=1S/C28H35N3O6/c1-4-36-27(33)24(29)14-19-10-12-26(25(15-19)31(34)35)37-18-23(32)17-30-28(2,3)16-20-9-11-21-7-5-6-8-22(21)13-20/h5-13,15,23-24,30,32H,4,14,16-18,29H2,1-3H3/t23-,24+/m1/s1. The third-order valence-corrected chi connectivity index (χ3v) is 5.97. The highest BCUT2D eigenvalue weighted by molar-refractivity contribution is 5.83. The van der Waals surface area contributed by atoms with E-state index in [1.54, 1.807) is 13.0 Å². The van der Waals surface area contributed by atoms with E-state index >= 15 is 0 Å². The second kappa shape index (κ2) is 12.6. The van der Waals surface area contributed by atoms with Crippen molar-refractivity contribution in [1.82, 2.24) is 5.32 Å². The number of nitro benzene ring substituents is 1. The van der Waals surface area contributed by atoms with E-state index in [4.69, 9.17) is 15.2 Å². The molecule has 0 radical (unpaired) electrons. The zero-order valence-electron chi connectivity index (χ0n) is 21.5. The summed E-state index contributed by atoms with van der Waals surface area (Å²) in [6.45, 7) is 6.12. The number of nitrogens with zero attached hydrogens (tertiary/aromatic N) is 1. The number of benzene rings is 3. The first-order valence-electron chi connectivity index (χ1n) is 12.3. The Labute approximate surface area is 216 Å². The Morgan fingerprint density at radius 2 is 1.81 bits per heavy atom. The van der Waals surface area contributed by atoms with E-state index in [0.29, 0.717) is 5.56 Å². The number of hydrogen-bond acceptors (Lipinski definition) is 8. The molecule has 0 bridgehead atoms. The van der Waals surface area contributed by atoms with Gasteiger partial charge in [0.05, 0.1) is 11.5 Å². The van der Waals surface area contributed by atoms with Gasteiger partial charge in [0.1, 0.15) is 18.8 Å². The zero-order chi connectivity index (χ0) is 27.0. The molecule has 0 aliphatic rings. The Kier molecular flexibility index (Phi) is 9.57. The summed E-state index contributed by atoms with van der Waals surface area (Å²) >= 11 is 0. The average Bonchev–Trinajstić information content (AvgIpc) is 2.86. The number of nitrogens with one attached hydrogen (secondary N) is 1. The van der Waals surface area contributed by atoms with Crippen molar-refractivity contribution < 1.29 is 24.3 Å². The van der Waals surface area contributed by atoms with Gasteiger partial charge in [0.15, 0.2) is 5.75 Å². The van der Waals surface area contributed by atoms with Gasteiger partial charge in [-0.05, 0) is 61.6 Å². The van der Waals surface area contributed by atoms with E-state index in [-0.39, 0.29) is 43.2 Å². The van der Waals surface area contributed by atoms with Crippen molar-refractivity contribution in [2.45, 2.75) is 51.3 Å². The molecule has 4 N–H and O–H groups in total. The summed E-state index contributed by atoms with van der Waals surface area (Å²) in [5.74, 6) is -0.530. The van der Waals surface area contributed by atoms with Crippen LogP contribution in [-0.2, 0) is 22.4 Å². The van der Waals surface area contributed by atoms with Crippen molar-refractivity contribution in [3.8, 4) is 5.75 Å². The normalized spacial score (nSPS) is 13.2. The number of aliphatic hydroxyl groups is 1. The van der Waals surface area contributed by atoms with E-state index in [1.165, 1.54) is 28.5 Å². The van der Waals surface area contributed by atoms with Crippen LogP contribution in [0.15, 0.2) is 60.7 Å². The number of nitro groups is 1. The highest BCUT2D eigenvalue weighted by Gasteiger charge is 2.22. The maximum atomic E-state index is 11.8. The Morgan fingerprint density at radius 1 is 1.11 bits per heavy atom. The lowest BCUT2D eigenvalue weighted by atomic mass is 9.93. The number of esters is 1. The highest BCUT2D eigenvalue weighted by Crippen LogP contribution is 2.28. The summed E-state index contributed by atoms with van der Waals surface area (Å²) < 4.78 is 10.5. The highest BCUT2D eigenvalue weighted by atomic mass is 16.6. The molecule has 3 rings (SSSR count). The minimum absolute atomic E-state index is 0.0351. The second-order valence-corrected chi connectivity index (χ2v) is 9.71. The van der Waals surface area contributed by atoms with E-state index in [0.717, 1.165) is 6.42 Å². The van der Waals surface area contributed by atoms with Crippen LogP contribution in [0.25, 0.3) is 10.8 Å². The quantitative estimate of drug-likeness (QED) is 0.181. The van der Waals surface area contributed by atoms with Gasteiger partial charge in [-0.25, -0.2) is 0 Å². The molecule has 0 aliphatic carbocycles. The average molecular weight is 510 g/mol. The first-order chi connectivity index (χ1) is 17.6. The maximum absolute atomic E-state index is 11.8. The number of β-amino-alcohol motifs (C(OH)–C–C–N with tert-alkyl or cyclic N) is 1. The fourth-order valence-corrected chi connectivity index (χ4v) is 4.10. The SMILES string of the molecule is CCOC(=O)[C@@H](N)Cc1ccc(OC[C@H](O)CNC(C)(C)Cc2ccc3ccccc3c2)c([N+](=O)[O-])c1. The number of ether oxygens (including phenoxy) is 2. The van der Waals surface area contributed by atoms with Crippen LogP contribution in [0.5, 0.6) is 5.75 Å². The lowest BCUT2D eigenvalue weighted by Gasteiger charge is -2.28. The maximum Gasteiger partial charge on any atom is 0.323 e. The molecule has 0 saturated heterocycles. The monoisotopic (exact) mass is 509 g/mol. The number of hydrogen-bond donors (Lipinski definition) is 3. The number of carbonyl (C=O) groups is 1. The van der Waals surface area contributed by atoms with Crippen molar-refractivity contribution in [2.24, 2.45) is 5.73 Å². The molecule has 0 aliphatic heterocycles. The van der Waals surface area contributed by atoms with Crippen molar-refractivity contribution in [2.75, 3.05) is 19.8 Å². The van der Waals surface area contributed by atoms with Gasteiger partial charge < -0.3 is 25.6 Å². The Balaban J connectivity index is 1.54. The van der Waals surface area contributed by atoms with Crippen LogP contribution < -0.4 is 15.8 Å². The van der Waals surface area contributed by atoms with Gasteiger partial charge in [-0.2, -0.15) is 0 Å².